The number of carbonyl (C=O) groups is 1. The van der Waals surface area contributed by atoms with Crippen LogP contribution in [0.25, 0.3) is 0 Å². The molecule has 3 nitrogen and oxygen atoms in total. The molecule has 2 aromatic carbocycles. The maximum Gasteiger partial charge on any atom is 0.166 e. The lowest BCUT2D eigenvalue weighted by atomic mass is 10.1. The van der Waals surface area contributed by atoms with Gasteiger partial charge in [0.15, 0.2) is 5.78 Å². The highest BCUT2D eigenvalue weighted by atomic mass is 16.5. The number of benzene rings is 2. The highest BCUT2D eigenvalue weighted by molar-refractivity contribution is 5.96. The Hall–Kier alpha value is -2.29. The first kappa shape index (κ1) is 13.1. The Kier molecular flexibility index (Phi) is 4.56. The van der Waals surface area contributed by atoms with E-state index in [9.17, 15) is 4.79 Å². The smallest absolute Gasteiger partial charge is 0.166 e. The summed E-state index contributed by atoms with van der Waals surface area (Å²) in [4.78, 5) is 12.0. The Labute approximate surface area is 112 Å². The fraction of sp³-hybridized carbons (Fsp3) is 0.188. The van der Waals surface area contributed by atoms with Crippen molar-refractivity contribution >= 4 is 5.78 Å². The van der Waals surface area contributed by atoms with Crippen molar-refractivity contribution in [2.75, 3.05) is 13.7 Å². The van der Waals surface area contributed by atoms with Crippen molar-refractivity contribution in [1.29, 1.82) is 0 Å². The van der Waals surface area contributed by atoms with Crippen LogP contribution in [0, 0.1) is 0 Å². The molecule has 0 aliphatic heterocycles. The molecule has 0 radical (unpaired) electrons. The maximum atomic E-state index is 12.0. The van der Waals surface area contributed by atoms with Crippen LogP contribution < -0.4 is 9.47 Å². The van der Waals surface area contributed by atoms with Gasteiger partial charge in [0.25, 0.3) is 0 Å². The molecule has 0 bridgehead atoms. The average molecular weight is 256 g/mol. The average Bonchev–Trinajstić information content (AvgIpc) is 2.48. The second kappa shape index (κ2) is 6.59. The van der Waals surface area contributed by atoms with Crippen molar-refractivity contribution in [3.63, 3.8) is 0 Å². The van der Waals surface area contributed by atoms with E-state index in [2.05, 4.69) is 0 Å². The van der Waals surface area contributed by atoms with Gasteiger partial charge < -0.3 is 9.47 Å². The SMILES string of the molecule is COc1cccc(C(=O)CCOc2ccccc2)c1. The minimum absolute atomic E-state index is 0.0508. The number of hydrogen-bond acceptors (Lipinski definition) is 3. The van der Waals surface area contributed by atoms with Crippen LogP contribution in [-0.2, 0) is 0 Å². The first-order chi connectivity index (χ1) is 9.29. The lowest BCUT2D eigenvalue weighted by Gasteiger charge is -2.06. The zero-order chi connectivity index (χ0) is 13.5. The predicted molar refractivity (Wildman–Crippen MR) is 73.9 cm³/mol. The lowest BCUT2D eigenvalue weighted by molar-refractivity contribution is 0.0962. The van der Waals surface area contributed by atoms with E-state index in [0.717, 1.165) is 5.75 Å². The third kappa shape index (κ3) is 3.85. The number of hydrogen-bond donors (Lipinski definition) is 0. The zero-order valence-electron chi connectivity index (χ0n) is 10.8. The topological polar surface area (TPSA) is 35.5 Å². The van der Waals surface area contributed by atoms with Gasteiger partial charge in [-0.3, -0.25) is 4.79 Å². The molecule has 98 valence electrons. The van der Waals surface area contributed by atoms with Gasteiger partial charge in [0.2, 0.25) is 0 Å². The number of rotatable bonds is 6. The highest BCUT2D eigenvalue weighted by Crippen LogP contribution is 2.14. The van der Waals surface area contributed by atoms with E-state index in [1.54, 1.807) is 19.2 Å². The third-order valence-electron chi connectivity index (χ3n) is 2.73. The molecule has 0 N–H and O–H groups in total. The van der Waals surface area contributed by atoms with Gasteiger partial charge in [-0.1, -0.05) is 30.3 Å². The number of methoxy groups -OCH3 is 1. The number of Topliss-reactive ketones (excluding diaryl/α,β-unsaturated/α-hetero) is 1. The molecule has 0 unspecified atom stereocenters. The molecule has 19 heavy (non-hydrogen) atoms. The van der Waals surface area contributed by atoms with Crippen molar-refractivity contribution in [3.8, 4) is 11.5 Å². The molecule has 3 heteroatoms. The summed E-state index contributed by atoms with van der Waals surface area (Å²) in [5, 5.41) is 0. The minimum Gasteiger partial charge on any atom is -0.497 e. The van der Waals surface area contributed by atoms with Crippen molar-refractivity contribution < 1.29 is 14.3 Å². The maximum absolute atomic E-state index is 12.0. The van der Waals surface area contributed by atoms with E-state index in [1.807, 2.05) is 42.5 Å². The van der Waals surface area contributed by atoms with Crippen LogP contribution >= 0.6 is 0 Å². The van der Waals surface area contributed by atoms with Gasteiger partial charge in [0.05, 0.1) is 13.7 Å². The van der Waals surface area contributed by atoms with E-state index in [1.165, 1.54) is 0 Å². The monoisotopic (exact) mass is 256 g/mol. The normalized spacial score (nSPS) is 9.95. The van der Waals surface area contributed by atoms with Crippen LogP contribution in [0.2, 0.25) is 0 Å². The van der Waals surface area contributed by atoms with Gasteiger partial charge in [-0.15, -0.1) is 0 Å². The Morgan fingerprint density at radius 3 is 2.47 bits per heavy atom. The fourth-order valence-electron chi connectivity index (χ4n) is 1.72. The first-order valence-corrected chi connectivity index (χ1v) is 6.14. The number of carbonyl (C=O) groups excluding carboxylic acids is 1. The van der Waals surface area contributed by atoms with Crippen LogP contribution in [0.3, 0.4) is 0 Å². The van der Waals surface area contributed by atoms with E-state index < -0.39 is 0 Å². The van der Waals surface area contributed by atoms with Crippen LogP contribution in [-0.4, -0.2) is 19.5 Å². The second-order valence-corrected chi connectivity index (χ2v) is 4.07. The fourth-order valence-corrected chi connectivity index (χ4v) is 1.72. The standard InChI is InChI=1S/C16H16O3/c1-18-15-9-5-6-13(12-15)16(17)10-11-19-14-7-3-2-4-8-14/h2-9,12H,10-11H2,1H3. The molecule has 0 saturated heterocycles. The number of para-hydroxylation sites is 1. The van der Waals surface area contributed by atoms with Crippen molar-refractivity contribution in [2.24, 2.45) is 0 Å². The Bertz CT molecular complexity index is 535. The van der Waals surface area contributed by atoms with E-state index in [4.69, 9.17) is 9.47 Å². The molecule has 0 aromatic heterocycles. The van der Waals surface area contributed by atoms with Gasteiger partial charge in [-0.05, 0) is 24.3 Å². The molecule has 0 aliphatic rings. The minimum atomic E-state index is 0.0508. The summed E-state index contributed by atoms with van der Waals surface area (Å²) in [6.07, 6.45) is 0.349. The molecule has 0 saturated carbocycles. The highest BCUT2D eigenvalue weighted by Gasteiger charge is 2.07. The summed E-state index contributed by atoms with van der Waals surface area (Å²) in [7, 11) is 1.59. The van der Waals surface area contributed by atoms with E-state index >= 15 is 0 Å². The zero-order valence-corrected chi connectivity index (χ0v) is 10.8. The van der Waals surface area contributed by atoms with E-state index in [-0.39, 0.29) is 5.78 Å². The summed E-state index contributed by atoms with van der Waals surface area (Å²) in [5.74, 6) is 1.52. The lowest BCUT2D eigenvalue weighted by Crippen LogP contribution is -2.06. The molecule has 0 heterocycles. The molecule has 0 spiro atoms. The van der Waals surface area contributed by atoms with Crippen LogP contribution in [0.5, 0.6) is 11.5 Å². The molecular formula is C16H16O3. The van der Waals surface area contributed by atoms with E-state index in [0.29, 0.717) is 24.3 Å². The van der Waals surface area contributed by atoms with Crippen molar-refractivity contribution in [1.82, 2.24) is 0 Å². The van der Waals surface area contributed by atoms with Gasteiger partial charge in [-0.2, -0.15) is 0 Å². The summed E-state index contributed by atoms with van der Waals surface area (Å²) in [5.41, 5.74) is 0.649. The third-order valence-corrected chi connectivity index (χ3v) is 2.73. The molecule has 0 aliphatic carbocycles. The summed E-state index contributed by atoms with van der Waals surface area (Å²) in [6, 6.07) is 16.6. The predicted octanol–water partition coefficient (Wildman–Crippen LogP) is 3.35. The quantitative estimate of drug-likeness (QED) is 0.743. The van der Waals surface area contributed by atoms with Gasteiger partial charge in [0, 0.05) is 12.0 Å². The molecule has 0 fully saturated rings. The summed E-state index contributed by atoms with van der Waals surface area (Å²) >= 11 is 0. The number of ketones is 1. The van der Waals surface area contributed by atoms with Crippen LogP contribution in [0.1, 0.15) is 16.8 Å². The molecule has 0 amide bonds. The Morgan fingerprint density at radius 1 is 1.00 bits per heavy atom. The van der Waals surface area contributed by atoms with Crippen LogP contribution in [0.4, 0.5) is 0 Å². The van der Waals surface area contributed by atoms with Gasteiger partial charge >= 0.3 is 0 Å². The largest absolute Gasteiger partial charge is 0.497 e. The second-order valence-electron chi connectivity index (χ2n) is 4.07. The van der Waals surface area contributed by atoms with Gasteiger partial charge in [-0.25, -0.2) is 0 Å². The molecule has 2 rings (SSSR count). The van der Waals surface area contributed by atoms with Crippen molar-refractivity contribution in [2.45, 2.75) is 6.42 Å². The Balaban J connectivity index is 1.87. The molecule has 0 atom stereocenters. The van der Waals surface area contributed by atoms with Crippen LogP contribution in [0.15, 0.2) is 54.6 Å². The summed E-state index contributed by atoms with van der Waals surface area (Å²) < 4.78 is 10.6. The first-order valence-electron chi connectivity index (χ1n) is 6.14. The molecule has 2 aromatic rings. The van der Waals surface area contributed by atoms with Crippen molar-refractivity contribution in [3.05, 3.63) is 60.2 Å². The number of ether oxygens (including phenoxy) is 2. The summed E-state index contributed by atoms with van der Waals surface area (Å²) in [6.45, 7) is 0.375. The molecular weight excluding hydrogens is 240 g/mol. The Morgan fingerprint density at radius 2 is 1.74 bits per heavy atom. The van der Waals surface area contributed by atoms with Gasteiger partial charge in [0.1, 0.15) is 11.5 Å².